The lowest BCUT2D eigenvalue weighted by molar-refractivity contribution is -0.297. The summed E-state index contributed by atoms with van der Waals surface area (Å²) >= 11 is 0. The van der Waals surface area contributed by atoms with E-state index in [4.69, 9.17) is 25.5 Å². The average Bonchev–Trinajstić information content (AvgIpc) is 1.61. The van der Waals surface area contributed by atoms with E-state index in [1.54, 1.807) is 0 Å². The summed E-state index contributed by atoms with van der Waals surface area (Å²) in [6, 6.07) is 0. The third kappa shape index (κ3) is 114. The molecule has 0 fully saturated rings. The predicted molar refractivity (Wildman–Crippen MR) is 30.3 cm³/mol. The SMILES string of the molecule is CC(O)(O)O.COC(O)O. The summed E-state index contributed by atoms with van der Waals surface area (Å²) in [4.78, 5) is 0. The topological polar surface area (TPSA) is 110 Å². The second-order valence-electron chi connectivity index (χ2n) is 1.53. The first-order valence-corrected chi connectivity index (χ1v) is 2.33. The van der Waals surface area contributed by atoms with Crippen LogP contribution in [0.15, 0.2) is 0 Å². The Bertz CT molecular complexity index is 58.6. The van der Waals surface area contributed by atoms with Gasteiger partial charge in [0, 0.05) is 14.0 Å². The zero-order valence-corrected chi connectivity index (χ0v) is 5.72. The van der Waals surface area contributed by atoms with Crippen molar-refractivity contribution in [3.8, 4) is 0 Å². The maximum atomic E-state index is 7.69. The highest BCUT2D eigenvalue weighted by Crippen LogP contribution is 1.82. The summed E-state index contributed by atoms with van der Waals surface area (Å²) in [5, 5.41) is 38.3. The zero-order valence-electron chi connectivity index (χ0n) is 5.72. The van der Waals surface area contributed by atoms with Crippen LogP contribution in [0.25, 0.3) is 0 Å². The molecule has 0 amide bonds. The van der Waals surface area contributed by atoms with Gasteiger partial charge in [0.1, 0.15) is 0 Å². The van der Waals surface area contributed by atoms with Crippen LogP contribution >= 0.6 is 0 Å². The largest absolute Gasteiger partial charge is 0.346 e. The molecule has 6 nitrogen and oxygen atoms in total. The van der Waals surface area contributed by atoms with E-state index in [-0.39, 0.29) is 0 Å². The molecule has 0 aromatic carbocycles. The monoisotopic (exact) mass is 156 g/mol. The van der Waals surface area contributed by atoms with Crippen LogP contribution in [0.5, 0.6) is 0 Å². The molecule has 0 aliphatic carbocycles. The lowest BCUT2D eigenvalue weighted by Crippen LogP contribution is -2.20. The fraction of sp³-hybridized carbons (Fsp3) is 1.00. The number of methoxy groups -OCH3 is 1. The average molecular weight is 156 g/mol. The van der Waals surface area contributed by atoms with Gasteiger partial charge in [0.25, 0.3) is 12.4 Å². The number of aliphatic hydroxyl groups excluding tert-OH is 1. The highest BCUT2D eigenvalue weighted by molar-refractivity contribution is 4.21. The second kappa shape index (κ2) is 5.54. The van der Waals surface area contributed by atoms with Crippen molar-refractivity contribution in [2.24, 2.45) is 0 Å². The van der Waals surface area contributed by atoms with Crippen LogP contribution in [0.4, 0.5) is 0 Å². The zero-order chi connectivity index (χ0) is 8.78. The Morgan fingerprint density at radius 1 is 1.20 bits per heavy atom. The van der Waals surface area contributed by atoms with Crippen LogP contribution in [0.3, 0.4) is 0 Å². The summed E-state index contributed by atoms with van der Waals surface area (Å²) in [6.07, 6.45) is 0. The predicted octanol–water partition coefficient (Wildman–Crippen LogP) is -2.46. The van der Waals surface area contributed by atoms with Gasteiger partial charge in [-0.3, -0.25) is 0 Å². The molecule has 10 heavy (non-hydrogen) atoms. The molecule has 0 saturated heterocycles. The number of ether oxygens (including phenoxy) is 1. The molecule has 0 aromatic rings. The lowest BCUT2D eigenvalue weighted by atomic mass is 10.7. The van der Waals surface area contributed by atoms with E-state index in [1.165, 1.54) is 7.11 Å². The molecule has 0 bridgehead atoms. The second-order valence-corrected chi connectivity index (χ2v) is 1.53. The molecular formula is C4H12O6. The van der Waals surface area contributed by atoms with Crippen LogP contribution in [0.2, 0.25) is 0 Å². The summed E-state index contributed by atoms with van der Waals surface area (Å²) in [5.41, 5.74) is 0. The number of aliphatic hydroxyl groups is 5. The van der Waals surface area contributed by atoms with E-state index in [0.717, 1.165) is 6.92 Å². The van der Waals surface area contributed by atoms with Gasteiger partial charge in [0.15, 0.2) is 0 Å². The highest BCUT2D eigenvalue weighted by Gasteiger charge is 2.03. The number of hydrogen-bond acceptors (Lipinski definition) is 6. The van der Waals surface area contributed by atoms with E-state index in [9.17, 15) is 0 Å². The van der Waals surface area contributed by atoms with Crippen molar-refractivity contribution < 1.29 is 30.3 Å². The van der Waals surface area contributed by atoms with Crippen LogP contribution in [-0.2, 0) is 4.74 Å². The van der Waals surface area contributed by atoms with E-state index < -0.39 is 12.4 Å². The van der Waals surface area contributed by atoms with Crippen molar-refractivity contribution >= 4 is 0 Å². The Hall–Kier alpha value is -0.240. The van der Waals surface area contributed by atoms with Gasteiger partial charge < -0.3 is 30.3 Å². The number of rotatable bonds is 1. The van der Waals surface area contributed by atoms with Crippen LogP contribution in [-0.4, -0.2) is 45.1 Å². The molecule has 0 saturated carbocycles. The quantitative estimate of drug-likeness (QED) is 0.269. The fourth-order valence-electron chi connectivity index (χ4n) is 0. The summed E-state index contributed by atoms with van der Waals surface area (Å²) in [7, 11) is 1.20. The molecule has 64 valence electrons. The Labute approximate surface area is 57.9 Å². The Morgan fingerprint density at radius 3 is 1.30 bits per heavy atom. The van der Waals surface area contributed by atoms with Crippen LogP contribution < -0.4 is 0 Å². The summed E-state index contributed by atoms with van der Waals surface area (Å²) < 4.78 is 3.86. The first-order chi connectivity index (χ1) is 4.27. The van der Waals surface area contributed by atoms with Gasteiger partial charge in [-0.15, -0.1) is 0 Å². The summed E-state index contributed by atoms with van der Waals surface area (Å²) in [6.45, 7) is -0.762. The van der Waals surface area contributed by atoms with Crippen molar-refractivity contribution in [3.05, 3.63) is 0 Å². The molecule has 0 unspecified atom stereocenters. The molecule has 0 aliphatic heterocycles. The minimum Gasteiger partial charge on any atom is -0.346 e. The van der Waals surface area contributed by atoms with Gasteiger partial charge in [-0.05, 0) is 0 Å². The van der Waals surface area contributed by atoms with Gasteiger partial charge in [-0.1, -0.05) is 0 Å². The van der Waals surface area contributed by atoms with Gasteiger partial charge in [0.05, 0.1) is 0 Å². The third-order valence-electron chi connectivity index (χ3n) is 0.211. The van der Waals surface area contributed by atoms with Gasteiger partial charge in [0.2, 0.25) is 0 Å². The molecule has 0 rings (SSSR count). The molecule has 6 heteroatoms. The standard InChI is InChI=1S/2C2H6O3/c1-5-2(3)4;1-2(3,4)5/h2-4H,1H3;3-5H,1H3. The van der Waals surface area contributed by atoms with Crippen molar-refractivity contribution in [1.82, 2.24) is 0 Å². The first-order valence-electron chi connectivity index (χ1n) is 2.33. The minimum atomic E-state index is -2.50. The number of hydrogen-bond donors (Lipinski definition) is 5. The van der Waals surface area contributed by atoms with Crippen molar-refractivity contribution in [2.75, 3.05) is 7.11 Å². The molecule has 0 radical (unpaired) electrons. The van der Waals surface area contributed by atoms with Crippen molar-refractivity contribution in [2.45, 2.75) is 19.4 Å². The van der Waals surface area contributed by atoms with E-state index in [1.807, 2.05) is 0 Å². The van der Waals surface area contributed by atoms with E-state index in [2.05, 4.69) is 4.74 Å². The van der Waals surface area contributed by atoms with Crippen LogP contribution in [0, 0.1) is 0 Å². The van der Waals surface area contributed by atoms with Crippen molar-refractivity contribution in [1.29, 1.82) is 0 Å². The molecule has 0 heterocycles. The van der Waals surface area contributed by atoms with Gasteiger partial charge in [-0.2, -0.15) is 0 Å². The van der Waals surface area contributed by atoms with E-state index >= 15 is 0 Å². The maximum Gasteiger partial charge on any atom is 0.272 e. The molecule has 0 atom stereocenters. The van der Waals surface area contributed by atoms with Gasteiger partial charge in [-0.25, -0.2) is 0 Å². The first kappa shape index (κ1) is 12.4. The lowest BCUT2D eigenvalue weighted by Gasteiger charge is -2.01. The van der Waals surface area contributed by atoms with Crippen molar-refractivity contribution in [3.63, 3.8) is 0 Å². The summed E-state index contributed by atoms with van der Waals surface area (Å²) in [5.74, 6) is -2.50. The minimum absolute atomic E-state index is 0.854. The normalized spacial score (nSPS) is 10.8. The molecular weight excluding hydrogens is 144 g/mol. The Kier molecular flexibility index (Phi) is 6.89. The molecule has 0 spiro atoms. The Morgan fingerprint density at radius 2 is 1.30 bits per heavy atom. The maximum absolute atomic E-state index is 7.69. The van der Waals surface area contributed by atoms with E-state index in [0.29, 0.717) is 0 Å². The molecule has 0 aliphatic rings. The van der Waals surface area contributed by atoms with Crippen LogP contribution in [0.1, 0.15) is 6.92 Å². The third-order valence-corrected chi connectivity index (χ3v) is 0.211. The molecule has 0 aromatic heterocycles. The highest BCUT2D eigenvalue weighted by atomic mass is 16.7. The molecule has 5 N–H and O–H groups in total. The fourth-order valence-corrected chi connectivity index (χ4v) is 0. The Balaban J connectivity index is 0. The smallest absolute Gasteiger partial charge is 0.272 e. The van der Waals surface area contributed by atoms with Gasteiger partial charge >= 0.3 is 0 Å².